The first-order valence-electron chi connectivity index (χ1n) is 5.71. The number of carbonyl (C=O) groups excluding carboxylic acids is 1. The highest BCUT2D eigenvalue weighted by molar-refractivity contribution is 7.86. The van der Waals surface area contributed by atoms with E-state index in [2.05, 4.69) is 5.32 Å². The second-order valence-electron chi connectivity index (χ2n) is 3.93. The molecule has 1 aliphatic rings. The molecular formula is C9H20N4O3S. The van der Waals surface area contributed by atoms with Gasteiger partial charge < -0.3 is 10.2 Å². The summed E-state index contributed by atoms with van der Waals surface area (Å²) in [4.78, 5) is 13.4. The van der Waals surface area contributed by atoms with Gasteiger partial charge in [0.1, 0.15) is 0 Å². The average molecular weight is 264 g/mol. The average Bonchev–Trinajstić information content (AvgIpc) is 2.28. The first-order chi connectivity index (χ1) is 7.95. The van der Waals surface area contributed by atoms with E-state index < -0.39 is 10.2 Å². The fraction of sp³-hybridized carbons (Fsp3) is 0.889. The zero-order valence-electron chi connectivity index (χ0n) is 10.1. The predicted molar refractivity (Wildman–Crippen MR) is 64.4 cm³/mol. The van der Waals surface area contributed by atoms with E-state index >= 15 is 0 Å². The minimum atomic E-state index is -3.61. The van der Waals surface area contributed by atoms with E-state index in [9.17, 15) is 13.2 Å². The number of hydrogen-bond acceptors (Lipinski definition) is 4. The molecule has 0 atom stereocenters. The molecule has 0 aromatic rings. The highest BCUT2D eigenvalue weighted by Crippen LogP contribution is 2.05. The maximum Gasteiger partial charge on any atom is 0.277 e. The molecule has 7 nitrogen and oxygen atoms in total. The standard InChI is InChI=1S/C9H20N4O3S/c1-2-11-4-3-9(14)12-5-7-13(8-6-12)17(10,15)16/h11H,2-8H2,1H3,(H2,10,15,16). The monoisotopic (exact) mass is 264 g/mol. The summed E-state index contributed by atoms with van der Waals surface area (Å²) in [5, 5.41) is 8.09. The van der Waals surface area contributed by atoms with Crippen LogP contribution in [-0.4, -0.2) is 62.8 Å². The van der Waals surface area contributed by atoms with Crippen LogP contribution in [-0.2, 0) is 15.0 Å². The third-order valence-electron chi connectivity index (χ3n) is 2.72. The Morgan fingerprint density at radius 2 is 1.88 bits per heavy atom. The number of nitrogens with two attached hydrogens (primary N) is 1. The number of nitrogens with one attached hydrogen (secondary N) is 1. The summed E-state index contributed by atoms with van der Waals surface area (Å²) in [5.74, 6) is 0.0556. The number of carbonyl (C=O) groups is 1. The molecule has 0 spiro atoms. The van der Waals surface area contributed by atoms with E-state index in [4.69, 9.17) is 5.14 Å². The van der Waals surface area contributed by atoms with Crippen molar-refractivity contribution in [2.75, 3.05) is 39.3 Å². The molecule has 1 aliphatic heterocycles. The minimum Gasteiger partial charge on any atom is -0.340 e. The smallest absolute Gasteiger partial charge is 0.277 e. The van der Waals surface area contributed by atoms with Gasteiger partial charge in [0.25, 0.3) is 10.2 Å². The second-order valence-corrected chi connectivity index (χ2v) is 5.47. The number of hydrogen-bond donors (Lipinski definition) is 2. The summed E-state index contributed by atoms with van der Waals surface area (Å²) in [6.45, 7) is 4.88. The fourth-order valence-corrected chi connectivity index (χ4v) is 2.39. The van der Waals surface area contributed by atoms with Gasteiger partial charge in [0.2, 0.25) is 5.91 Å². The summed E-state index contributed by atoms with van der Waals surface area (Å²) < 4.78 is 23.3. The van der Waals surface area contributed by atoms with Gasteiger partial charge in [-0.1, -0.05) is 6.92 Å². The zero-order valence-corrected chi connectivity index (χ0v) is 10.9. The van der Waals surface area contributed by atoms with Gasteiger partial charge in [0.15, 0.2) is 0 Å². The SMILES string of the molecule is CCNCCC(=O)N1CCN(S(N)(=O)=O)CC1. The molecule has 3 N–H and O–H groups in total. The first kappa shape index (κ1) is 14.4. The normalized spacial score (nSPS) is 18.4. The maximum atomic E-state index is 11.7. The van der Waals surface area contributed by atoms with Crippen LogP contribution in [0.15, 0.2) is 0 Å². The van der Waals surface area contributed by atoms with Crippen LogP contribution in [0.25, 0.3) is 0 Å². The van der Waals surface area contributed by atoms with Gasteiger partial charge in [-0.25, -0.2) is 5.14 Å². The zero-order chi connectivity index (χ0) is 12.9. The Balaban J connectivity index is 2.34. The van der Waals surface area contributed by atoms with Crippen molar-refractivity contribution in [3.8, 4) is 0 Å². The highest BCUT2D eigenvalue weighted by atomic mass is 32.2. The van der Waals surface area contributed by atoms with Crippen molar-refractivity contribution in [3.63, 3.8) is 0 Å². The molecule has 1 fully saturated rings. The predicted octanol–water partition coefficient (Wildman–Crippen LogP) is -1.67. The Hall–Kier alpha value is -0.700. The molecule has 0 aromatic carbocycles. The van der Waals surface area contributed by atoms with Gasteiger partial charge in [0, 0.05) is 39.1 Å². The van der Waals surface area contributed by atoms with Gasteiger partial charge >= 0.3 is 0 Å². The largest absolute Gasteiger partial charge is 0.340 e. The van der Waals surface area contributed by atoms with Crippen molar-refractivity contribution in [2.24, 2.45) is 5.14 Å². The molecule has 17 heavy (non-hydrogen) atoms. The van der Waals surface area contributed by atoms with Gasteiger partial charge in [-0.15, -0.1) is 0 Å². The topological polar surface area (TPSA) is 95.7 Å². The van der Waals surface area contributed by atoms with Gasteiger partial charge in [-0.2, -0.15) is 12.7 Å². The Labute approximate surface area is 102 Å². The Morgan fingerprint density at radius 3 is 2.35 bits per heavy atom. The van der Waals surface area contributed by atoms with Crippen LogP contribution >= 0.6 is 0 Å². The molecule has 1 heterocycles. The van der Waals surface area contributed by atoms with Crippen molar-refractivity contribution in [1.82, 2.24) is 14.5 Å². The summed E-state index contributed by atoms with van der Waals surface area (Å²) >= 11 is 0. The van der Waals surface area contributed by atoms with E-state index in [0.717, 1.165) is 6.54 Å². The quantitative estimate of drug-likeness (QED) is 0.581. The van der Waals surface area contributed by atoms with Crippen molar-refractivity contribution < 1.29 is 13.2 Å². The first-order valence-corrected chi connectivity index (χ1v) is 7.22. The Kier molecular flexibility index (Phi) is 5.31. The lowest BCUT2D eigenvalue weighted by atomic mass is 10.3. The molecule has 0 saturated carbocycles. The lowest BCUT2D eigenvalue weighted by molar-refractivity contribution is -0.132. The number of piperazine rings is 1. The van der Waals surface area contributed by atoms with Crippen molar-refractivity contribution >= 4 is 16.1 Å². The molecule has 0 bridgehead atoms. The third-order valence-corrected chi connectivity index (χ3v) is 3.80. The van der Waals surface area contributed by atoms with Gasteiger partial charge in [0.05, 0.1) is 0 Å². The Morgan fingerprint density at radius 1 is 1.29 bits per heavy atom. The second kappa shape index (κ2) is 6.29. The minimum absolute atomic E-state index is 0.0556. The summed E-state index contributed by atoms with van der Waals surface area (Å²) in [6, 6.07) is 0. The van der Waals surface area contributed by atoms with Crippen molar-refractivity contribution in [2.45, 2.75) is 13.3 Å². The highest BCUT2D eigenvalue weighted by Gasteiger charge is 2.25. The lowest BCUT2D eigenvalue weighted by Gasteiger charge is -2.33. The molecule has 0 aliphatic carbocycles. The van der Waals surface area contributed by atoms with Crippen LogP contribution in [0, 0.1) is 0 Å². The maximum absolute atomic E-state index is 11.7. The number of nitrogens with zero attached hydrogens (tertiary/aromatic N) is 2. The van der Waals surface area contributed by atoms with E-state index in [0.29, 0.717) is 26.1 Å². The molecule has 1 rings (SSSR count). The van der Waals surface area contributed by atoms with Crippen molar-refractivity contribution in [3.05, 3.63) is 0 Å². The van der Waals surface area contributed by atoms with Crippen LogP contribution in [0.5, 0.6) is 0 Å². The van der Waals surface area contributed by atoms with Crippen molar-refractivity contribution in [1.29, 1.82) is 0 Å². The molecule has 0 unspecified atom stereocenters. The number of rotatable bonds is 5. The fourth-order valence-electron chi connectivity index (χ4n) is 1.72. The molecule has 0 aromatic heterocycles. The van der Waals surface area contributed by atoms with Gasteiger partial charge in [-0.05, 0) is 6.54 Å². The Bertz CT molecular complexity index is 349. The van der Waals surface area contributed by atoms with Crippen LogP contribution < -0.4 is 10.5 Å². The van der Waals surface area contributed by atoms with Gasteiger partial charge in [-0.3, -0.25) is 4.79 Å². The summed E-state index contributed by atoms with van der Waals surface area (Å²) in [7, 11) is -3.61. The molecule has 1 saturated heterocycles. The molecule has 8 heteroatoms. The molecular weight excluding hydrogens is 244 g/mol. The molecule has 1 amide bonds. The van der Waals surface area contributed by atoms with E-state index in [1.807, 2.05) is 6.92 Å². The lowest BCUT2D eigenvalue weighted by Crippen LogP contribution is -2.52. The van der Waals surface area contributed by atoms with E-state index in [1.54, 1.807) is 4.90 Å². The molecule has 0 radical (unpaired) electrons. The van der Waals surface area contributed by atoms with Crippen LogP contribution in [0.3, 0.4) is 0 Å². The summed E-state index contributed by atoms with van der Waals surface area (Å²) in [6.07, 6.45) is 0.448. The number of amides is 1. The van der Waals surface area contributed by atoms with E-state index in [-0.39, 0.29) is 19.0 Å². The third kappa shape index (κ3) is 4.58. The van der Waals surface area contributed by atoms with Crippen LogP contribution in [0.4, 0.5) is 0 Å². The summed E-state index contributed by atoms with van der Waals surface area (Å²) in [5.41, 5.74) is 0. The van der Waals surface area contributed by atoms with Crippen LogP contribution in [0.1, 0.15) is 13.3 Å². The van der Waals surface area contributed by atoms with Crippen LogP contribution in [0.2, 0.25) is 0 Å². The molecule has 100 valence electrons. The van der Waals surface area contributed by atoms with E-state index in [1.165, 1.54) is 4.31 Å².